The summed E-state index contributed by atoms with van der Waals surface area (Å²) in [5.74, 6) is 1.50. The van der Waals surface area contributed by atoms with Gasteiger partial charge < -0.3 is 22.4 Å². The van der Waals surface area contributed by atoms with E-state index in [1.165, 1.54) is 0 Å². The number of pyridine rings is 1. The van der Waals surface area contributed by atoms with Crippen molar-refractivity contribution in [2.45, 2.75) is 6.54 Å². The summed E-state index contributed by atoms with van der Waals surface area (Å²) >= 11 is 0. The van der Waals surface area contributed by atoms with Crippen LogP contribution >= 0.6 is 0 Å². The average Bonchev–Trinajstić information content (AvgIpc) is 2.96. The van der Waals surface area contributed by atoms with E-state index >= 15 is 0 Å². The molecular weight excluding hydrogens is 399 g/mol. The number of rotatable bonds is 5. The molecule has 0 saturated carbocycles. The largest absolute Gasteiger partial charge is 0.439 e. The van der Waals surface area contributed by atoms with Crippen LogP contribution in [0.1, 0.15) is 5.56 Å². The smallest absolute Gasteiger partial charge is 0.271 e. The molecule has 1 fully saturated rings. The van der Waals surface area contributed by atoms with E-state index in [2.05, 4.69) is 15.4 Å². The van der Waals surface area contributed by atoms with Gasteiger partial charge in [-0.1, -0.05) is 24.3 Å². The van der Waals surface area contributed by atoms with Crippen molar-refractivity contribution in [1.29, 1.82) is 0 Å². The van der Waals surface area contributed by atoms with Crippen molar-refractivity contribution < 1.29 is 42.5 Å². The number of para-hydroxylation sites is 1. The number of ether oxygens (including phenoxy) is 1. The van der Waals surface area contributed by atoms with Gasteiger partial charge in [-0.2, -0.15) is 0 Å². The number of hydrazone groups is 1. The van der Waals surface area contributed by atoms with Gasteiger partial charge in [-0.25, -0.2) is 15.1 Å². The zero-order chi connectivity index (χ0) is 16.1. The summed E-state index contributed by atoms with van der Waals surface area (Å²) in [5.41, 5.74) is 0.921. The molecule has 1 N–H and O–H groups in total. The number of hydrogen-bond acceptors (Lipinski definition) is 4. The first kappa shape index (κ1) is 21.0. The van der Waals surface area contributed by atoms with Gasteiger partial charge >= 0.3 is 0 Å². The molecule has 2 aromatic rings. The average molecular weight is 417 g/mol. The second-order valence-corrected chi connectivity index (χ2v) is 4.93. The van der Waals surface area contributed by atoms with Gasteiger partial charge in [-0.15, -0.1) is 0 Å². The van der Waals surface area contributed by atoms with Crippen LogP contribution in [0.5, 0.6) is 11.6 Å². The monoisotopic (exact) mass is 417 g/mol. The molecule has 0 bridgehead atoms. The normalized spacial score (nSPS) is 14.2. The Balaban J connectivity index is 0.00000156. The molecule has 25 heavy (non-hydrogen) atoms. The molecular formula is C16H18N5O3Y-. The molecule has 129 valence electrons. The first-order valence-electron chi connectivity index (χ1n) is 7.10. The summed E-state index contributed by atoms with van der Waals surface area (Å²) in [6.45, 7) is 1.79. The molecule has 1 radical (unpaired) electrons. The fourth-order valence-electron chi connectivity index (χ4n) is 2.24. The van der Waals surface area contributed by atoms with Gasteiger partial charge in [0, 0.05) is 64.6 Å². The minimum absolute atomic E-state index is 0. The minimum atomic E-state index is -0.699. The second-order valence-electron chi connectivity index (χ2n) is 4.93. The molecule has 0 atom stereocenters. The minimum Gasteiger partial charge on any atom is -0.439 e. The molecule has 1 aromatic carbocycles. The fraction of sp³-hybridized carbons (Fsp3) is 0.188. The molecule has 9 heteroatoms. The SMILES string of the molecule is O=[N+]([O-])/N=C1\NCCN1Cc1ccc(Oc2ccccc2)nc1.[CH3-].[Y]. The van der Waals surface area contributed by atoms with Gasteiger partial charge in [0.1, 0.15) is 10.9 Å². The van der Waals surface area contributed by atoms with Gasteiger partial charge in [-0.3, -0.25) is 0 Å². The summed E-state index contributed by atoms with van der Waals surface area (Å²) in [5, 5.41) is 16.0. The van der Waals surface area contributed by atoms with Crippen LogP contribution in [0.2, 0.25) is 0 Å². The van der Waals surface area contributed by atoms with Crippen molar-refractivity contribution >= 4 is 5.96 Å². The zero-order valence-electron chi connectivity index (χ0n) is 13.8. The van der Waals surface area contributed by atoms with Gasteiger partial charge in [0.2, 0.25) is 5.88 Å². The number of guanidine groups is 1. The number of nitro groups is 1. The second kappa shape index (κ2) is 10.1. The number of nitrogens with zero attached hydrogens (tertiary/aromatic N) is 4. The van der Waals surface area contributed by atoms with Crippen LogP contribution in [0.4, 0.5) is 0 Å². The van der Waals surface area contributed by atoms with Crippen molar-refractivity contribution in [2.24, 2.45) is 5.10 Å². The topological polar surface area (TPSA) is 92.9 Å². The third kappa shape index (κ3) is 6.06. The van der Waals surface area contributed by atoms with Crippen LogP contribution in [0, 0.1) is 17.5 Å². The van der Waals surface area contributed by atoms with Crippen LogP contribution in [-0.2, 0) is 39.3 Å². The Kier molecular flexibility index (Phi) is 8.44. The molecule has 2 heterocycles. The number of aromatic nitrogens is 1. The van der Waals surface area contributed by atoms with Gasteiger partial charge in [0.15, 0.2) is 5.03 Å². The Morgan fingerprint density at radius 1 is 1.28 bits per heavy atom. The van der Waals surface area contributed by atoms with E-state index in [0.717, 1.165) is 11.3 Å². The Morgan fingerprint density at radius 2 is 2.04 bits per heavy atom. The Bertz CT molecular complexity index is 709. The number of hydrogen-bond donors (Lipinski definition) is 1. The Morgan fingerprint density at radius 3 is 2.68 bits per heavy atom. The van der Waals surface area contributed by atoms with Gasteiger partial charge in [-0.05, 0) is 17.7 Å². The van der Waals surface area contributed by atoms with Crippen molar-refractivity contribution in [1.82, 2.24) is 15.2 Å². The van der Waals surface area contributed by atoms with E-state index in [1.807, 2.05) is 36.4 Å². The van der Waals surface area contributed by atoms with Crippen LogP contribution < -0.4 is 10.1 Å². The predicted octanol–water partition coefficient (Wildman–Crippen LogP) is 2.27. The summed E-state index contributed by atoms with van der Waals surface area (Å²) in [7, 11) is 0. The van der Waals surface area contributed by atoms with Crippen molar-refractivity contribution in [3.05, 3.63) is 71.8 Å². The third-order valence-corrected chi connectivity index (χ3v) is 3.28. The molecule has 1 aliphatic heterocycles. The van der Waals surface area contributed by atoms with Crippen molar-refractivity contribution in [2.75, 3.05) is 13.1 Å². The van der Waals surface area contributed by atoms with Crippen LogP contribution in [0.15, 0.2) is 53.8 Å². The molecule has 1 saturated heterocycles. The van der Waals surface area contributed by atoms with Crippen LogP contribution in [-0.4, -0.2) is 34.0 Å². The van der Waals surface area contributed by atoms with E-state index in [9.17, 15) is 10.1 Å². The molecule has 0 spiro atoms. The number of benzene rings is 1. The molecule has 3 rings (SSSR count). The molecule has 0 amide bonds. The van der Waals surface area contributed by atoms with Crippen molar-refractivity contribution in [3.8, 4) is 11.6 Å². The summed E-state index contributed by atoms with van der Waals surface area (Å²) in [6, 6.07) is 13.1. The number of nitrogens with one attached hydrogen (secondary N) is 1. The van der Waals surface area contributed by atoms with Crippen molar-refractivity contribution in [3.63, 3.8) is 0 Å². The molecule has 0 unspecified atom stereocenters. The predicted molar refractivity (Wildman–Crippen MR) is 90.0 cm³/mol. The Labute approximate surface area is 171 Å². The van der Waals surface area contributed by atoms with E-state index in [1.54, 1.807) is 17.2 Å². The van der Waals surface area contributed by atoms with E-state index in [4.69, 9.17) is 4.74 Å². The molecule has 8 nitrogen and oxygen atoms in total. The molecule has 1 aliphatic rings. The summed E-state index contributed by atoms with van der Waals surface area (Å²) in [6.07, 6.45) is 1.69. The van der Waals surface area contributed by atoms with E-state index < -0.39 is 5.03 Å². The van der Waals surface area contributed by atoms with Gasteiger partial charge in [0.05, 0.1) is 0 Å². The van der Waals surface area contributed by atoms with E-state index in [0.29, 0.717) is 25.5 Å². The maximum atomic E-state index is 10.5. The standard InChI is InChI=1S/C15H15N5O3.CH3.Y/c21-20(22)18-15-16-8-9-19(15)11-12-6-7-14(17-10-12)23-13-4-2-1-3-5-13;;/h1-7,10H,8-9,11H2,(H,16,18);1H3;/q;-1;. The summed E-state index contributed by atoms with van der Waals surface area (Å²) in [4.78, 5) is 16.6. The van der Waals surface area contributed by atoms with Crippen LogP contribution in [0.25, 0.3) is 0 Å². The third-order valence-electron chi connectivity index (χ3n) is 3.28. The maximum Gasteiger partial charge on any atom is 0.271 e. The van der Waals surface area contributed by atoms with Gasteiger partial charge in [0.25, 0.3) is 5.96 Å². The fourth-order valence-corrected chi connectivity index (χ4v) is 2.24. The first-order chi connectivity index (χ1) is 11.2. The summed E-state index contributed by atoms with van der Waals surface area (Å²) < 4.78 is 5.63. The maximum absolute atomic E-state index is 10.5. The first-order valence-corrected chi connectivity index (χ1v) is 7.10. The zero-order valence-corrected chi connectivity index (χ0v) is 16.7. The van der Waals surface area contributed by atoms with E-state index in [-0.39, 0.29) is 46.1 Å². The Hall–Kier alpha value is -2.06. The van der Waals surface area contributed by atoms with Crippen LogP contribution in [0.3, 0.4) is 0 Å². The molecule has 1 aromatic heterocycles. The molecule has 0 aliphatic carbocycles. The quantitative estimate of drug-likeness (QED) is 0.456.